The Morgan fingerprint density at radius 3 is 2.53 bits per heavy atom. The summed E-state index contributed by atoms with van der Waals surface area (Å²) in [6, 6.07) is 17.1. The van der Waals surface area contributed by atoms with Gasteiger partial charge in [0, 0.05) is 21.3 Å². The van der Waals surface area contributed by atoms with Crippen molar-refractivity contribution in [3.05, 3.63) is 98.1 Å². The Bertz CT molecular complexity index is 1370. The summed E-state index contributed by atoms with van der Waals surface area (Å²) in [7, 11) is 0. The van der Waals surface area contributed by atoms with Crippen molar-refractivity contribution in [3.63, 3.8) is 0 Å². The molecular formula is C27H22BrFN2O4S. The fraction of sp³-hybridized carbons (Fsp3) is 0.148. The molecule has 1 saturated heterocycles. The molecule has 36 heavy (non-hydrogen) atoms. The lowest BCUT2D eigenvalue weighted by Gasteiger charge is -2.15. The van der Waals surface area contributed by atoms with Crippen LogP contribution in [0.3, 0.4) is 0 Å². The molecule has 0 saturated carbocycles. The second-order valence-corrected chi connectivity index (χ2v) is 10.1. The summed E-state index contributed by atoms with van der Waals surface area (Å²) in [5, 5.41) is 2.26. The molecule has 0 aliphatic carbocycles. The zero-order valence-electron chi connectivity index (χ0n) is 19.5. The topological polar surface area (TPSA) is 75.7 Å². The number of ether oxygens (including phenoxy) is 1. The first-order valence-corrected chi connectivity index (χ1v) is 12.6. The summed E-state index contributed by atoms with van der Waals surface area (Å²) in [4.78, 5) is 39.3. The lowest BCUT2D eigenvalue weighted by atomic mass is 10.1. The van der Waals surface area contributed by atoms with Crippen molar-refractivity contribution in [2.45, 2.75) is 20.5 Å². The fourth-order valence-electron chi connectivity index (χ4n) is 3.65. The molecular weight excluding hydrogens is 547 g/mol. The maximum atomic E-state index is 14.0. The molecule has 3 aromatic carbocycles. The van der Waals surface area contributed by atoms with Crippen LogP contribution >= 0.6 is 27.7 Å². The van der Waals surface area contributed by atoms with Gasteiger partial charge in [0.05, 0.1) is 4.91 Å². The van der Waals surface area contributed by atoms with Crippen molar-refractivity contribution < 1.29 is 23.5 Å². The monoisotopic (exact) mass is 568 g/mol. The molecule has 3 amide bonds. The van der Waals surface area contributed by atoms with Gasteiger partial charge in [-0.1, -0.05) is 52.3 Å². The number of carbonyl (C=O) groups is 3. The van der Waals surface area contributed by atoms with Gasteiger partial charge in [-0.2, -0.15) is 0 Å². The smallest absolute Gasteiger partial charge is 0.294 e. The van der Waals surface area contributed by atoms with E-state index < -0.39 is 23.6 Å². The van der Waals surface area contributed by atoms with Crippen molar-refractivity contribution in [2.75, 3.05) is 11.9 Å². The summed E-state index contributed by atoms with van der Waals surface area (Å²) in [5.41, 5.74) is 3.36. The highest BCUT2D eigenvalue weighted by molar-refractivity contribution is 9.10. The zero-order chi connectivity index (χ0) is 25.8. The van der Waals surface area contributed by atoms with E-state index in [1.165, 1.54) is 12.1 Å². The van der Waals surface area contributed by atoms with E-state index in [1.807, 2.05) is 32.0 Å². The number of halogens is 2. The first kappa shape index (κ1) is 25.7. The standard InChI is InChI=1S/C27H22BrFN2O4S/c1-16-6-5-7-17(2)25(16)30-24(32)14-31-26(33)23(36-27(31)34)13-19-12-20(28)10-11-22(19)35-15-18-8-3-4-9-21(18)29/h3-13H,14-15H2,1-2H3,(H,30,32)/b23-13-. The van der Waals surface area contributed by atoms with Gasteiger partial charge in [0.15, 0.2) is 0 Å². The van der Waals surface area contributed by atoms with Crippen molar-refractivity contribution in [2.24, 2.45) is 0 Å². The highest BCUT2D eigenvalue weighted by Crippen LogP contribution is 2.35. The summed E-state index contributed by atoms with van der Waals surface area (Å²) in [5.74, 6) is -0.994. The zero-order valence-corrected chi connectivity index (χ0v) is 21.9. The van der Waals surface area contributed by atoms with Gasteiger partial charge in [0.1, 0.15) is 24.7 Å². The van der Waals surface area contributed by atoms with Crippen LogP contribution in [-0.4, -0.2) is 28.5 Å². The molecule has 1 heterocycles. The molecule has 4 rings (SSSR count). The van der Waals surface area contributed by atoms with E-state index in [0.29, 0.717) is 22.6 Å². The molecule has 1 aliphatic heterocycles. The first-order valence-electron chi connectivity index (χ1n) is 11.0. The number of nitrogens with one attached hydrogen (secondary N) is 1. The van der Waals surface area contributed by atoms with E-state index in [4.69, 9.17) is 4.74 Å². The van der Waals surface area contributed by atoms with Gasteiger partial charge >= 0.3 is 0 Å². The third kappa shape index (κ3) is 5.85. The number of aryl methyl sites for hydroxylation is 2. The molecule has 0 atom stereocenters. The van der Waals surface area contributed by atoms with Crippen molar-refractivity contribution in [1.29, 1.82) is 0 Å². The van der Waals surface area contributed by atoms with E-state index in [9.17, 15) is 18.8 Å². The number of rotatable bonds is 7. The lowest BCUT2D eigenvalue weighted by molar-refractivity contribution is -0.127. The maximum Gasteiger partial charge on any atom is 0.294 e. The highest BCUT2D eigenvalue weighted by Gasteiger charge is 2.36. The first-order chi connectivity index (χ1) is 17.2. The van der Waals surface area contributed by atoms with E-state index in [2.05, 4.69) is 21.2 Å². The normalized spacial score (nSPS) is 14.4. The minimum absolute atomic E-state index is 0.00485. The van der Waals surface area contributed by atoms with Crippen molar-refractivity contribution in [3.8, 4) is 5.75 Å². The molecule has 0 spiro atoms. The number of thioether (sulfide) groups is 1. The molecule has 1 fully saturated rings. The van der Waals surface area contributed by atoms with Crippen molar-refractivity contribution >= 4 is 56.5 Å². The molecule has 1 N–H and O–H groups in total. The van der Waals surface area contributed by atoms with E-state index in [-0.39, 0.29) is 17.3 Å². The molecule has 1 aliphatic rings. The van der Waals surface area contributed by atoms with Gasteiger partial charge in [-0.3, -0.25) is 19.3 Å². The third-order valence-corrected chi connectivity index (χ3v) is 6.92. The number of imide groups is 1. The number of carbonyl (C=O) groups excluding carboxylic acids is 3. The predicted octanol–water partition coefficient (Wildman–Crippen LogP) is 6.46. The Morgan fingerprint density at radius 2 is 1.81 bits per heavy atom. The Labute approximate surface area is 220 Å². The average molecular weight is 569 g/mol. The summed E-state index contributed by atoms with van der Waals surface area (Å²) < 4.78 is 20.5. The van der Waals surface area contributed by atoms with Crippen LogP contribution in [0, 0.1) is 19.7 Å². The minimum atomic E-state index is -0.568. The number of nitrogens with zero attached hydrogens (tertiary/aromatic N) is 1. The average Bonchev–Trinajstić information content (AvgIpc) is 3.09. The number of amides is 3. The van der Waals surface area contributed by atoms with Gasteiger partial charge in [-0.15, -0.1) is 0 Å². The lowest BCUT2D eigenvalue weighted by Crippen LogP contribution is -2.36. The highest BCUT2D eigenvalue weighted by atomic mass is 79.9. The fourth-order valence-corrected chi connectivity index (χ4v) is 4.85. The summed E-state index contributed by atoms with van der Waals surface area (Å²) >= 11 is 4.15. The van der Waals surface area contributed by atoms with Gasteiger partial charge < -0.3 is 10.1 Å². The van der Waals surface area contributed by atoms with Gasteiger partial charge in [0.2, 0.25) is 5.91 Å². The molecule has 6 nitrogen and oxygen atoms in total. The SMILES string of the molecule is Cc1cccc(C)c1NC(=O)CN1C(=O)S/C(=C\c2cc(Br)ccc2OCc2ccccc2F)C1=O. The summed E-state index contributed by atoms with van der Waals surface area (Å²) in [6.07, 6.45) is 1.54. The quantitative estimate of drug-likeness (QED) is 0.331. The molecule has 0 aromatic heterocycles. The minimum Gasteiger partial charge on any atom is -0.488 e. The van der Waals surface area contributed by atoms with Crippen LogP contribution in [-0.2, 0) is 16.2 Å². The van der Waals surface area contributed by atoms with Crippen LogP contribution in [0.5, 0.6) is 5.75 Å². The number of anilines is 1. The molecule has 0 bridgehead atoms. The Kier molecular flexibility index (Phi) is 7.91. The number of hydrogen-bond acceptors (Lipinski definition) is 5. The molecule has 3 aromatic rings. The van der Waals surface area contributed by atoms with Gasteiger partial charge in [-0.05, 0) is 67.1 Å². The van der Waals surface area contributed by atoms with Crippen LogP contribution in [0.4, 0.5) is 14.9 Å². The Balaban J connectivity index is 1.50. The van der Waals surface area contributed by atoms with Gasteiger partial charge in [0.25, 0.3) is 11.1 Å². The molecule has 184 valence electrons. The van der Waals surface area contributed by atoms with E-state index >= 15 is 0 Å². The maximum absolute atomic E-state index is 14.0. The van der Waals surface area contributed by atoms with Crippen LogP contribution < -0.4 is 10.1 Å². The van der Waals surface area contributed by atoms with Crippen LogP contribution in [0.2, 0.25) is 0 Å². The second-order valence-electron chi connectivity index (χ2n) is 8.15. The molecule has 0 unspecified atom stereocenters. The predicted molar refractivity (Wildman–Crippen MR) is 142 cm³/mol. The molecule has 0 radical (unpaired) electrons. The van der Waals surface area contributed by atoms with Crippen LogP contribution in [0.1, 0.15) is 22.3 Å². The largest absolute Gasteiger partial charge is 0.488 e. The Hall–Kier alpha value is -3.43. The van der Waals surface area contributed by atoms with Crippen molar-refractivity contribution in [1.82, 2.24) is 4.90 Å². The van der Waals surface area contributed by atoms with Crippen LogP contribution in [0.25, 0.3) is 6.08 Å². The third-order valence-electron chi connectivity index (χ3n) is 5.52. The number of hydrogen-bond donors (Lipinski definition) is 1. The number of benzene rings is 3. The van der Waals surface area contributed by atoms with Gasteiger partial charge in [-0.25, -0.2) is 4.39 Å². The van der Waals surface area contributed by atoms with E-state index in [1.54, 1.807) is 36.4 Å². The van der Waals surface area contributed by atoms with E-state index in [0.717, 1.165) is 32.3 Å². The second kappa shape index (κ2) is 11.1. The Morgan fingerprint density at radius 1 is 1.08 bits per heavy atom. The van der Waals surface area contributed by atoms with Crippen LogP contribution in [0.15, 0.2) is 70.0 Å². The number of para-hydroxylation sites is 1. The molecule has 9 heteroatoms. The summed E-state index contributed by atoms with van der Waals surface area (Å²) in [6.45, 7) is 3.34.